The van der Waals surface area contributed by atoms with Crippen molar-refractivity contribution in [3.05, 3.63) is 40.9 Å². The van der Waals surface area contributed by atoms with Crippen molar-refractivity contribution in [3.8, 4) is 5.75 Å². The molecule has 16 heavy (non-hydrogen) atoms. The Morgan fingerprint density at radius 1 is 1.56 bits per heavy atom. The van der Waals surface area contributed by atoms with E-state index < -0.39 is 5.97 Å². The van der Waals surface area contributed by atoms with E-state index in [2.05, 4.69) is 6.58 Å². The van der Waals surface area contributed by atoms with Crippen LogP contribution in [0.4, 0.5) is 0 Å². The number of aromatic carboxylic acids is 1. The Labute approximate surface area is 99.3 Å². The van der Waals surface area contributed by atoms with E-state index in [-0.39, 0.29) is 5.56 Å². The van der Waals surface area contributed by atoms with Gasteiger partial charge in [0, 0.05) is 0 Å². The van der Waals surface area contributed by atoms with Crippen LogP contribution in [0.15, 0.2) is 30.4 Å². The molecule has 1 aromatic carbocycles. The zero-order valence-corrected chi connectivity index (χ0v) is 9.75. The zero-order valence-electron chi connectivity index (χ0n) is 9.00. The lowest BCUT2D eigenvalue weighted by molar-refractivity contribution is 0.0697. The van der Waals surface area contributed by atoms with Crippen molar-refractivity contribution in [2.24, 2.45) is 0 Å². The lowest BCUT2D eigenvalue weighted by atomic mass is 10.2. The third-order valence-corrected chi connectivity index (χ3v) is 2.41. The summed E-state index contributed by atoms with van der Waals surface area (Å²) in [5.41, 5.74) is 1.10. The van der Waals surface area contributed by atoms with Crippen LogP contribution in [0.25, 0.3) is 0 Å². The second-order valence-corrected chi connectivity index (χ2v) is 3.75. The topological polar surface area (TPSA) is 46.5 Å². The molecule has 0 saturated carbocycles. The predicted octanol–water partition coefficient (Wildman–Crippen LogP) is 3.38. The van der Waals surface area contributed by atoms with Crippen LogP contribution in [0.3, 0.4) is 0 Å². The van der Waals surface area contributed by atoms with Crippen molar-refractivity contribution in [3.63, 3.8) is 0 Å². The molecule has 0 aromatic heterocycles. The molecule has 1 N–H and O–H groups in total. The molecule has 1 aromatic rings. The van der Waals surface area contributed by atoms with E-state index >= 15 is 0 Å². The van der Waals surface area contributed by atoms with E-state index in [9.17, 15) is 4.79 Å². The van der Waals surface area contributed by atoms with Gasteiger partial charge in [0.25, 0.3) is 0 Å². The predicted molar refractivity (Wildman–Crippen MR) is 63.3 cm³/mol. The average Bonchev–Trinajstić information content (AvgIpc) is 2.26. The molecule has 0 unspecified atom stereocenters. The first-order chi connectivity index (χ1) is 7.54. The number of hydrogen-bond acceptors (Lipinski definition) is 2. The first kappa shape index (κ1) is 12.6. The molecule has 3 nitrogen and oxygen atoms in total. The molecule has 0 heterocycles. The molecule has 0 aliphatic heterocycles. The maximum absolute atomic E-state index is 10.7. The molecule has 4 heteroatoms. The van der Waals surface area contributed by atoms with Gasteiger partial charge >= 0.3 is 5.97 Å². The van der Waals surface area contributed by atoms with Gasteiger partial charge in [0.15, 0.2) is 0 Å². The molecule has 0 fully saturated rings. The maximum Gasteiger partial charge on any atom is 0.335 e. The minimum atomic E-state index is -1.01. The van der Waals surface area contributed by atoms with Gasteiger partial charge in [-0.05, 0) is 30.2 Å². The number of ether oxygens (including phenoxy) is 1. The molecule has 86 valence electrons. The summed E-state index contributed by atoms with van der Waals surface area (Å²) in [5.74, 6) is -0.535. The number of carbonyl (C=O) groups is 1. The van der Waals surface area contributed by atoms with Gasteiger partial charge in [0.2, 0.25) is 0 Å². The normalized spacial score (nSPS) is 9.88. The largest absolute Gasteiger partial charge is 0.488 e. The molecule has 0 atom stereocenters. The minimum Gasteiger partial charge on any atom is -0.488 e. The van der Waals surface area contributed by atoms with E-state index in [1.54, 1.807) is 6.07 Å². The van der Waals surface area contributed by atoms with Gasteiger partial charge in [-0.25, -0.2) is 4.79 Å². The summed E-state index contributed by atoms with van der Waals surface area (Å²) in [7, 11) is 0. The Morgan fingerprint density at radius 2 is 2.25 bits per heavy atom. The third-order valence-electron chi connectivity index (χ3n) is 2.11. The van der Waals surface area contributed by atoms with Crippen LogP contribution in [0.2, 0.25) is 5.02 Å². The van der Waals surface area contributed by atoms with Crippen molar-refractivity contribution in [1.29, 1.82) is 0 Å². The summed E-state index contributed by atoms with van der Waals surface area (Å²) in [4.78, 5) is 10.7. The van der Waals surface area contributed by atoms with Crippen LogP contribution in [0.1, 0.15) is 23.7 Å². The van der Waals surface area contributed by atoms with Gasteiger partial charge in [-0.3, -0.25) is 0 Å². The summed E-state index contributed by atoms with van der Waals surface area (Å²) in [6.45, 7) is 6.18. The summed E-state index contributed by atoms with van der Waals surface area (Å²) in [6, 6.07) is 4.38. The standard InChI is InChI=1S/C12H13ClO3/c1-3-8(2)7-16-11-5-4-9(12(14)15)6-10(11)13/h4-6H,2-3,7H2,1H3,(H,14,15). The van der Waals surface area contributed by atoms with Crippen LogP contribution in [0.5, 0.6) is 5.75 Å². The number of carboxylic acid groups (broad SMARTS) is 1. The van der Waals surface area contributed by atoms with E-state index in [4.69, 9.17) is 21.4 Å². The van der Waals surface area contributed by atoms with E-state index in [0.29, 0.717) is 17.4 Å². The lowest BCUT2D eigenvalue weighted by Crippen LogP contribution is -2.01. The van der Waals surface area contributed by atoms with E-state index in [0.717, 1.165) is 12.0 Å². The third kappa shape index (κ3) is 3.28. The molecule has 0 saturated heterocycles. The van der Waals surface area contributed by atoms with Gasteiger partial charge in [0.1, 0.15) is 12.4 Å². The first-order valence-corrected chi connectivity index (χ1v) is 5.24. The highest BCUT2D eigenvalue weighted by Crippen LogP contribution is 2.25. The fourth-order valence-electron chi connectivity index (χ4n) is 1.03. The monoisotopic (exact) mass is 240 g/mol. The number of carboxylic acids is 1. The summed E-state index contributed by atoms with van der Waals surface area (Å²) in [5, 5.41) is 9.04. The molecule has 0 spiro atoms. The van der Waals surface area contributed by atoms with Gasteiger partial charge < -0.3 is 9.84 Å². The first-order valence-electron chi connectivity index (χ1n) is 4.87. The minimum absolute atomic E-state index is 0.145. The highest BCUT2D eigenvalue weighted by Gasteiger charge is 2.07. The Balaban J connectivity index is 2.75. The summed E-state index contributed by atoms with van der Waals surface area (Å²) in [6.07, 6.45) is 0.838. The molecule has 0 amide bonds. The highest BCUT2D eigenvalue weighted by molar-refractivity contribution is 6.32. The fraction of sp³-hybridized carbons (Fsp3) is 0.250. The average molecular weight is 241 g/mol. The number of halogens is 1. The lowest BCUT2D eigenvalue weighted by Gasteiger charge is -2.09. The second-order valence-electron chi connectivity index (χ2n) is 3.34. The van der Waals surface area contributed by atoms with Crippen molar-refractivity contribution >= 4 is 17.6 Å². The van der Waals surface area contributed by atoms with Crippen LogP contribution >= 0.6 is 11.6 Å². The van der Waals surface area contributed by atoms with Crippen molar-refractivity contribution in [2.45, 2.75) is 13.3 Å². The Morgan fingerprint density at radius 3 is 2.75 bits per heavy atom. The van der Waals surface area contributed by atoms with Crippen molar-refractivity contribution < 1.29 is 14.6 Å². The van der Waals surface area contributed by atoms with Crippen molar-refractivity contribution in [2.75, 3.05) is 6.61 Å². The van der Waals surface area contributed by atoms with Crippen LogP contribution in [0, 0.1) is 0 Å². The van der Waals surface area contributed by atoms with Gasteiger partial charge in [0.05, 0.1) is 10.6 Å². The molecule has 0 aliphatic carbocycles. The van der Waals surface area contributed by atoms with Gasteiger partial charge in [-0.15, -0.1) is 0 Å². The molecule has 1 rings (SSSR count). The molecule has 0 aliphatic rings. The van der Waals surface area contributed by atoms with E-state index in [1.165, 1.54) is 12.1 Å². The summed E-state index contributed by atoms with van der Waals surface area (Å²) < 4.78 is 5.40. The summed E-state index contributed by atoms with van der Waals surface area (Å²) >= 11 is 5.88. The fourth-order valence-corrected chi connectivity index (χ4v) is 1.27. The Hall–Kier alpha value is -1.48. The number of hydrogen-bond donors (Lipinski definition) is 1. The Bertz CT molecular complexity index is 413. The van der Waals surface area contributed by atoms with Crippen molar-refractivity contribution in [1.82, 2.24) is 0 Å². The maximum atomic E-state index is 10.7. The van der Waals surface area contributed by atoms with E-state index in [1.807, 2.05) is 6.92 Å². The molecule has 0 bridgehead atoms. The van der Waals surface area contributed by atoms with Gasteiger partial charge in [-0.2, -0.15) is 0 Å². The van der Waals surface area contributed by atoms with Gasteiger partial charge in [-0.1, -0.05) is 25.1 Å². The zero-order chi connectivity index (χ0) is 12.1. The SMILES string of the molecule is C=C(CC)COc1ccc(C(=O)O)cc1Cl. The number of benzene rings is 1. The molecule has 0 radical (unpaired) electrons. The second kappa shape index (κ2) is 5.56. The van der Waals surface area contributed by atoms with Crippen LogP contribution in [-0.2, 0) is 0 Å². The van der Waals surface area contributed by atoms with Crippen LogP contribution < -0.4 is 4.74 Å². The Kier molecular flexibility index (Phi) is 4.38. The van der Waals surface area contributed by atoms with Crippen LogP contribution in [-0.4, -0.2) is 17.7 Å². The smallest absolute Gasteiger partial charge is 0.335 e. The highest BCUT2D eigenvalue weighted by atomic mass is 35.5. The number of rotatable bonds is 5. The quantitative estimate of drug-likeness (QED) is 0.803. The molecular weight excluding hydrogens is 228 g/mol. The molecular formula is C12H13ClO3.